The topological polar surface area (TPSA) is 476 Å². The number of benzene rings is 3. The van der Waals surface area contributed by atoms with Gasteiger partial charge < -0.3 is 95.3 Å². The highest BCUT2D eigenvalue weighted by molar-refractivity contribution is 7.90. The average molecular weight is 1660 g/mol. The van der Waals surface area contributed by atoms with Crippen LogP contribution >= 0.6 is 23.7 Å². The molecule has 5 fully saturated rings. The fourth-order valence-corrected chi connectivity index (χ4v) is 17.4. The SMILES string of the molecule is COCCCCCCCOc1ccc(-c2nnc(-c3ccc(C(=O)N[C@H]4C[C@H](O)CNC(=O)[C@@H]5[C@@H](O)[C@H](C)CN5C(=O)[C@H]([C@H](O)CCN(C5CCCCCCCC5C(=O)OC)C5CCCCCCCC5C(=O)OC)NC(=O)[C@H]([C@H](O)Cc5ccc(O)c(OSOOO)c5)NC(=O)[C@@H]5C[C@H](O)CN5C(=O)[C@H]([C@H](C)O)NC4=O)cc3)s2)cc1. The van der Waals surface area contributed by atoms with Crippen molar-refractivity contribution in [2.24, 2.45) is 17.8 Å². The Morgan fingerprint density at radius 2 is 1.22 bits per heavy atom. The van der Waals surface area contributed by atoms with E-state index in [1.165, 1.54) is 56.7 Å². The van der Waals surface area contributed by atoms with E-state index >= 15 is 19.2 Å². The number of aliphatic hydroxyl groups is 6. The first-order valence-corrected chi connectivity index (χ1v) is 41.7. The van der Waals surface area contributed by atoms with Gasteiger partial charge in [-0.3, -0.25) is 48.1 Å². The van der Waals surface area contributed by atoms with Crippen LogP contribution in [-0.2, 0) is 68.4 Å². The number of rotatable bonds is 29. The Kier molecular flexibility index (Phi) is 36.1. The number of aromatic hydroxyl groups is 1. The number of hydrogen-bond donors (Lipinski definition) is 13. The first-order chi connectivity index (χ1) is 55.8. The van der Waals surface area contributed by atoms with Gasteiger partial charge in [0.1, 0.15) is 52.0 Å². The molecule has 2 aliphatic carbocycles. The zero-order valence-electron chi connectivity index (χ0n) is 66.3. The van der Waals surface area contributed by atoms with Gasteiger partial charge in [-0.15, -0.1) is 10.2 Å². The van der Waals surface area contributed by atoms with Crippen LogP contribution in [-0.4, -0.2) is 265 Å². The summed E-state index contributed by atoms with van der Waals surface area (Å²) in [7, 11) is 4.31. The Labute approximate surface area is 683 Å². The van der Waals surface area contributed by atoms with Crippen molar-refractivity contribution in [1.29, 1.82) is 0 Å². The number of aliphatic hydroxyl groups excluding tert-OH is 6. The molecule has 0 spiro atoms. The number of amides is 7. The van der Waals surface area contributed by atoms with E-state index in [9.17, 15) is 59.7 Å². The number of fused-ring (bicyclic) bond motifs is 2. The number of phenolic OH excluding ortho intramolecular Hbond substituents is 1. The number of hydrogen-bond acceptors (Lipinski definition) is 29. The van der Waals surface area contributed by atoms with E-state index in [1.807, 2.05) is 29.2 Å². The number of ether oxygens (including phenoxy) is 4. The summed E-state index contributed by atoms with van der Waals surface area (Å²) in [6, 6.07) is 4.31. The van der Waals surface area contributed by atoms with E-state index in [2.05, 4.69) is 46.2 Å². The Bertz CT molecular complexity index is 3820. The van der Waals surface area contributed by atoms with Crippen LogP contribution in [0.15, 0.2) is 66.7 Å². The number of aromatic nitrogens is 2. The average Bonchev–Trinajstić information content (AvgIpc) is 1.49. The standard InChI is InChI=1S/C80H114N10O24S2/c1-46-44-90-68(69(46)97)74(102)81-43-52(92)41-57(82-70(98)49-26-28-50(29-27-49)75-86-87-76(115-75)51-30-32-54(33-31-51)111-38-20-14-8-13-19-37-108-3)71(99)83-65(47(2)91)77(103)89-45-53(93)42-60(89)72(100)84-66(63(96)39-48-25-34-61(94)64(40-48)112-116-114-113-107)73(101)85-67(78(90)104)62(95)35-36-88(58-23-17-11-6-9-15-21-55(58)79(105)109-4)59-24-18-12-7-10-16-22-56(59)80(106)110-5/h25-34,40,46-47,52-53,55-60,62-63,65-69,91-97,107H,6-24,35-39,41-45H2,1-5H3,(H,81,102)(H,82,98)(H,83,99)(H,84,100)(H,85,101)/t46-,47+,52+,53+,55?,56?,57+,58?,59?,60+,62-,63-,65+,66+,67+,68+,69+/m1/s1. The molecular formula is C80H114N10O24S2. The van der Waals surface area contributed by atoms with Crippen LogP contribution < -0.4 is 35.5 Å². The number of unbranched alkanes of at least 4 members (excludes halogenated alkanes) is 4. The lowest BCUT2D eigenvalue weighted by Gasteiger charge is -2.44. The maximum absolute atomic E-state index is 16.0. The largest absolute Gasteiger partial charge is 0.504 e. The number of nitrogens with one attached hydrogen (secondary N) is 5. The summed E-state index contributed by atoms with van der Waals surface area (Å²) in [5, 5.41) is 118. The van der Waals surface area contributed by atoms with Gasteiger partial charge in [-0.1, -0.05) is 129 Å². The first-order valence-electron chi connectivity index (χ1n) is 40.2. The molecule has 0 radical (unpaired) electrons. The minimum atomic E-state index is -2.21. The third-order valence-corrected chi connectivity index (χ3v) is 24.0. The molecule has 3 aliphatic heterocycles. The van der Waals surface area contributed by atoms with Gasteiger partial charge in [-0.2, -0.15) is 0 Å². The van der Waals surface area contributed by atoms with Crippen LogP contribution in [0.25, 0.3) is 21.1 Å². The molecule has 17 atom stereocenters. The van der Waals surface area contributed by atoms with E-state index in [4.69, 9.17) is 28.4 Å². The van der Waals surface area contributed by atoms with E-state index in [0.717, 1.165) is 106 Å². The van der Waals surface area contributed by atoms with Gasteiger partial charge in [-0.25, -0.2) is 5.26 Å². The Morgan fingerprint density at radius 1 is 0.647 bits per heavy atom. The maximum Gasteiger partial charge on any atom is 0.310 e. The van der Waals surface area contributed by atoms with Crippen molar-refractivity contribution in [2.75, 3.05) is 60.7 Å². The smallest absolute Gasteiger partial charge is 0.310 e. The molecule has 13 N–H and O–H groups in total. The van der Waals surface area contributed by atoms with Crippen molar-refractivity contribution in [3.63, 3.8) is 0 Å². The zero-order valence-corrected chi connectivity index (χ0v) is 68.0. The number of nitrogens with zero attached hydrogens (tertiary/aromatic N) is 5. The van der Waals surface area contributed by atoms with Crippen LogP contribution in [0.1, 0.15) is 171 Å². The van der Waals surface area contributed by atoms with Crippen molar-refractivity contribution in [1.82, 2.24) is 51.5 Å². The van der Waals surface area contributed by atoms with Gasteiger partial charge in [0.25, 0.3) is 18.2 Å². The number of methoxy groups -OCH3 is 3. The summed E-state index contributed by atoms with van der Waals surface area (Å²) in [6.07, 6.45) is 1.81. The molecule has 36 heteroatoms. The quantitative estimate of drug-likeness (QED) is 0.0118. The molecule has 4 unspecified atom stereocenters. The highest BCUT2D eigenvalue weighted by atomic mass is 32.2. The van der Waals surface area contributed by atoms with Crippen molar-refractivity contribution in [2.45, 2.75) is 246 Å². The second-order valence-electron chi connectivity index (χ2n) is 30.8. The number of carbonyl (C=O) groups excluding carboxylic acids is 9. The molecule has 7 amide bonds. The van der Waals surface area contributed by atoms with E-state index in [1.54, 1.807) is 19.2 Å². The number of β-amino-alcohol motifs (C(OH)–C–C–N with tert-alkyl or cyclic N) is 1. The fourth-order valence-electron chi connectivity index (χ4n) is 16.3. The van der Waals surface area contributed by atoms with Gasteiger partial charge in [-0.05, 0) is 106 Å². The third-order valence-electron chi connectivity index (χ3n) is 22.6. The van der Waals surface area contributed by atoms with Crippen molar-refractivity contribution < 1.29 is 117 Å². The van der Waals surface area contributed by atoms with Gasteiger partial charge in [0, 0.05) is 93.9 Å². The second kappa shape index (κ2) is 45.6. The van der Waals surface area contributed by atoms with Crippen LogP contribution in [0, 0.1) is 17.8 Å². The molecule has 640 valence electrons. The lowest BCUT2D eigenvalue weighted by atomic mass is 9.84. The number of carbonyl (C=O) groups is 9. The molecule has 1 aromatic heterocycles. The number of phenols is 1. The predicted octanol–water partition coefficient (Wildman–Crippen LogP) is 4.36. The summed E-state index contributed by atoms with van der Waals surface area (Å²) in [4.78, 5) is 138. The Hall–Kier alpha value is -8.24. The monoisotopic (exact) mass is 1660 g/mol. The van der Waals surface area contributed by atoms with Crippen molar-refractivity contribution in [3.05, 3.63) is 77.9 Å². The fraction of sp³-hybridized carbons (Fsp3) is 0.637. The zero-order chi connectivity index (χ0) is 83.5. The normalized spacial score (nSPS) is 26.7. The molecule has 2 saturated carbocycles. The molecule has 4 aromatic rings. The van der Waals surface area contributed by atoms with Gasteiger partial charge in [0.2, 0.25) is 35.4 Å². The summed E-state index contributed by atoms with van der Waals surface area (Å²) < 4.78 is 31.7. The molecule has 9 rings (SSSR count). The van der Waals surface area contributed by atoms with Crippen LogP contribution in [0.2, 0.25) is 0 Å². The highest BCUT2D eigenvalue weighted by Gasteiger charge is 2.51. The van der Waals surface area contributed by atoms with Gasteiger partial charge in [0.15, 0.2) is 11.5 Å². The third kappa shape index (κ3) is 25.2. The Morgan fingerprint density at radius 3 is 1.82 bits per heavy atom. The molecule has 5 aliphatic rings. The summed E-state index contributed by atoms with van der Waals surface area (Å²) in [5.41, 5.74) is 1.47. The lowest BCUT2D eigenvalue weighted by molar-refractivity contribution is -0.433. The number of esters is 2. The summed E-state index contributed by atoms with van der Waals surface area (Å²) in [6.45, 7) is 2.14. The molecule has 4 heterocycles. The molecule has 3 aromatic carbocycles. The predicted molar refractivity (Wildman–Crippen MR) is 422 cm³/mol. The van der Waals surface area contributed by atoms with Crippen LogP contribution in [0.4, 0.5) is 0 Å². The minimum Gasteiger partial charge on any atom is -0.504 e. The summed E-state index contributed by atoms with van der Waals surface area (Å²) in [5.74, 6) is -11.4. The minimum absolute atomic E-state index is 0.00314. The van der Waals surface area contributed by atoms with Gasteiger partial charge >= 0.3 is 11.9 Å². The van der Waals surface area contributed by atoms with E-state index < -0.39 is 207 Å². The first kappa shape index (κ1) is 91.7. The molecule has 116 heavy (non-hydrogen) atoms. The van der Waals surface area contributed by atoms with Crippen molar-refractivity contribution in [3.8, 4) is 38.4 Å². The van der Waals surface area contributed by atoms with Crippen LogP contribution in [0.3, 0.4) is 0 Å². The molecule has 34 nitrogen and oxygen atoms in total. The molecule has 3 saturated heterocycles. The van der Waals surface area contributed by atoms with Gasteiger partial charge in [0.05, 0.1) is 69.3 Å². The second-order valence-corrected chi connectivity index (χ2v) is 32.2. The highest BCUT2D eigenvalue weighted by Crippen LogP contribution is 2.38. The van der Waals surface area contributed by atoms with E-state index in [0.29, 0.717) is 79.3 Å². The molecular weight excluding hydrogens is 1550 g/mol. The molecule has 0 bridgehead atoms. The maximum atomic E-state index is 16.0. The van der Waals surface area contributed by atoms with Crippen molar-refractivity contribution >= 4 is 76.9 Å². The van der Waals surface area contributed by atoms with E-state index in [-0.39, 0.29) is 35.7 Å². The summed E-state index contributed by atoms with van der Waals surface area (Å²) >= 11 is 1.36. The van der Waals surface area contributed by atoms with Crippen LogP contribution in [0.5, 0.6) is 17.2 Å². The Balaban J connectivity index is 1.05. The lowest BCUT2D eigenvalue weighted by Crippen LogP contribution is -2.64.